The van der Waals surface area contributed by atoms with E-state index in [9.17, 15) is 0 Å². The fraction of sp³-hybridized carbons (Fsp3) is 0.250. The number of pyridine rings is 1. The SMILES string of the molecule is CC(SCc1ccco1)c1ccccn1. The van der Waals surface area contributed by atoms with Gasteiger partial charge in [-0.1, -0.05) is 6.07 Å². The zero-order valence-corrected chi connectivity index (χ0v) is 9.41. The van der Waals surface area contributed by atoms with Crippen LogP contribution in [0.3, 0.4) is 0 Å². The molecule has 0 aliphatic rings. The van der Waals surface area contributed by atoms with Crippen molar-refractivity contribution in [1.29, 1.82) is 0 Å². The Hall–Kier alpha value is -1.22. The Bertz CT molecular complexity index is 385. The largest absolute Gasteiger partial charge is 0.468 e. The van der Waals surface area contributed by atoms with Crippen molar-refractivity contribution in [3.8, 4) is 0 Å². The first-order valence-corrected chi connectivity index (χ1v) is 5.96. The summed E-state index contributed by atoms with van der Waals surface area (Å²) in [6, 6.07) is 9.93. The van der Waals surface area contributed by atoms with E-state index in [0.29, 0.717) is 5.25 Å². The van der Waals surface area contributed by atoms with Gasteiger partial charge in [-0.05, 0) is 31.2 Å². The predicted molar refractivity (Wildman–Crippen MR) is 62.7 cm³/mol. The average molecular weight is 219 g/mol. The van der Waals surface area contributed by atoms with Gasteiger partial charge in [0.2, 0.25) is 0 Å². The van der Waals surface area contributed by atoms with E-state index >= 15 is 0 Å². The third-order valence-electron chi connectivity index (χ3n) is 2.16. The summed E-state index contributed by atoms with van der Waals surface area (Å²) in [5, 5.41) is 0.399. The van der Waals surface area contributed by atoms with Gasteiger partial charge in [-0.25, -0.2) is 0 Å². The summed E-state index contributed by atoms with van der Waals surface area (Å²) in [4.78, 5) is 4.33. The first kappa shape index (κ1) is 10.3. The highest BCUT2D eigenvalue weighted by Gasteiger charge is 2.07. The van der Waals surface area contributed by atoms with Gasteiger partial charge >= 0.3 is 0 Å². The Morgan fingerprint density at radius 1 is 1.33 bits per heavy atom. The lowest BCUT2D eigenvalue weighted by atomic mass is 10.3. The average Bonchev–Trinajstić information content (AvgIpc) is 2.80. The predicted octanol–water partition coefficient (Wildman–Crippen LogP) is 3.67. The minimum Gasteiger partial charge on any atom is -0.468 e. The van der Waals surface area contributed by atoms with Crippen molar-refractivity contribution in [2.45, 2.75) is 17.9 Å². The lowest BCUT2D eigenvalue weighted by molar-refractivity contribution is 0.530. The van der Waals surface area contributed by atoms with Crippen LogP contribution in [0.25, 0.3) is 0 Å². The van der Waals surface area contributed by atoms with Gasteiger partial charge in [0.25, 0.3) is 0 Å². The fourth-order valence-corrected chi connectivity index (χ4v) is 2.19. The highest BCUT2D eigenvalue weighted by Crippen LogP contribution is 2.29. The van der Waals surface area contributed by atoms with Gasteiger partial charge in [0.1, 0.15) is 5.76 Å². The van der Waals surface area contributed by atoms with Crippen molar-refractivity contribution in [3.05, 3.63) is 54.2 Å². The molecule has 78 valence electrons. The van der Waals surface area contributed by atoms with Crippen molar-refractivity contribution in [2.75, 3.05) is 0 Å². The molecule has 0 saturated heterocycles. The molecule has 2 heterocycles. The molecule has 2 nitrogen and oxygen atoms in total. The fourth-order valence-electron chi connectivity index (χ4n) is 1.30. The molecule has 2 rings (SSSR count). The van der Waals surface area contributed by atoms with E-state index in [4.69, 9.17) is 4.42 Å². The lowest BCUT2D eigenvalue weighted by Gasteiger charge is -2.08. The second kappa shape index (κ2) is 5.03. The molecule has 1 atom stereocenters. The molecular weight excluding hydrogens is 206 g/mol. The van der Waals surface area contributed by atoms with Crippen molar-refractivity contribution in [3.63, 3.8) is 0 Å². The summed E-state index contributed by atoms with van der Waals surface area (Å²) < 4.78 is 5.28. The molecule has 2 aromatic rings. The second-order valence-corrected chi connectivity index (χ2v) is 4.62. The van der Waals surface area contributed by atoms with Gasteiger partial charge in [-0.2, -0.15) is 0 Å². The molecule has 2 aromatic heterocycles. The number of thioether (sulfide) groups is 1. The van der Waals surface area contributed by atoms with Crippen molar-refractivity contribution in [2.24, 2.45) is 0 Å². The molecule has 0 aliphatic heterocycles. The standard InChI is InChI=1S/C12H13NOS/c1-10(12-6-2-3-7-13-12)15-9-11-5-4-8-14-11/h2-8,10H,9H2,1H3. The minimum absolute atomic E-state index is 0.399. The van der Waals surface area contributed by atoms with Gasteiger partial charge in [0, 0.05) is 11.4 Å². The normalized spacial score (nSPS) is 12.6. The highest BCUT2D eigenvalue weighted by molar-refractivity contribution is 7.98. The molecule has 0 saturated carbocycles. The Morgan fingerprint density at radius 3 is 2.93 bits per heavy atom. The lowest BCUT2D eigenvalue weighted by Crippen LogP contribution is -1.92. The molecule has 0 spiro atoms. The van der Waals surface area contributed by atoms with Crippen molar-refractivity contribution < 1.29 is 4.42 Å². The van der Waals surface area contributed by atoms with Crippen LogP contribution in [-0.4, -0.2) is 4.98 Å². The monoisotopic (exact) mass is 219 g/mol. The zero-order chi connectivity index (χ0) is 10.5. The first-order valence-electron chi connectivity index (χ1n) is 4.91. The topological polar surface area (TPSA) is 26.0 Å². The maximum absolute atomic E-state index is 5.28. The van der Waals surface area contributed by atoms with Gasteiger partial charge in [0.15, 0.2) is 0 Å². The number of hydrogen-bond acceptors (Lipinski definition) is 3. The molecule has 0 aromatic carbocycles. The summed E-state index contributed by atoms with van der Waals surface area (Å²) in [7, 11) is 0. The van der Waals surface area contributed by atoms with Crippen LogP contribution in [0.5, 0.6) is 0 Å². The van der Waals surface area contributed by atoms with Crippen LogP contribution >= 0.6 is 11.8 Å². The molecule has 0 bridgehead atoms. The van der Waals surface area contributed by atoms with E-state index < -0.39 is 0 Å². The summed E-state index contributed by atoms with van der Waals surface area (Å²) in [6.07, 6.45) is 3.54. The number of furan rings is 1. The Morgan fingerprint density at radius 2 is 2.27 bits per heavy atom. The van der Waals surface area contributed by atoms with Crippen LogP contribution < -0.4 is 0 Å². The maximum atomic E-state index is 5.28. The minimum atomic E-state index is 0.399. The van der Waals surface area contributed by atoms with Gasteiger partial charge in [-0.3, -0.25) is 4.98 Å². The Labute approximate surface area is 93.7 Å². The van der Waals surface area contributed by atoms with E-state index in [2.05, 4.69) is 18.0 Å². The van der Waals surface area contributed by atoms with E-state index in [1.54, 1.807) is 6.26 Å². The Kier molecular flexibility index (Phi) is 3.45. The number of rotatable bonds is 4. The third kappa shape index (κ3) is 2.86. The molecular formula is C12H13NOS. The third-order valence-corrected chi connectivity index (χ3v) is 3.35. The van der Waals surface area contributed by atoms with E-state index in [1.807, 2.05) is 42.2 Å². The van der Waals surface area contributed by atoms with Crippen molar-refractivity contribution in [1.82, 2.24) is 4.98 Å². The van der Waals surface area contributed by atoms with Crippen LogP contribution in [0, 0.1) is 0 Å². The first-order chi connectivity index (χ1) is 7.36. The molecule has 0 radical (unpaired) electrons. The van der Waals surface area contributed by atoms with Gasteiger partial charge in [-0.15, -0.1) is 11.8 Å². The highest BCUT2D eigenvalue weighted by atomic mass is 32.2. The maximum Gasteiger partial charge on any atom is 0.113 e. The van der Waals surface area contributed by atoms with Gasteiger partial charge < -0.3 is 4.42 Å². The van der Waals surface area contributed by atoms with Crippen molar-refractivity contribution >= 4 is 11.8 Å². The van der Waals surface area contributed by atoms with Crippen LogP contribution in [0.1, 0.15) is 23.6 Å². The molecule has 0 aliphatic carbocycles. The van der Waals surface area contributed by atoms with Crippen LogP contribution in [-0.2, 0) is 5.75 Å². The quantitative estimate of drug-likeness (QED) is 0.784. The smallest absolute Gasteiger partial charge is 0.113 e. The zero-order valence-electron chi connectivity index (χ0n) is 8.59. The molecule has 3 heteroatoms. The van der Waals surface area contributed by atoms with Crippen LogP contribution in [0.15, 0.2) is 47.2 Å². The summed E-state index contributed by atoms with van der Waals surface area (Å²) in [6.45, 7) is 2.16. The molecule has 0 N–H and O–H groups in total. The number of aromatic nitrogens is 1. The Balaban J connectivity index is 1.90. The van der Waals surface area contributed by atoms with E-state index in [0.717, 1.165) is 17.2 Å². The summed E-state index contributed by atoms with van der Waals surface area (Å²) >= 11 is 1.83. The van der Waals surface area contributed by atoms with Crippen LogP contribution in [0.4, 0.5) is 0 Å². The number of nitrogens with zero attached hydrogens (tertiary/aromatic N) is 1. The van der Waals surface area contributed by atoms with E-state index in [-0.39, 0.29) is 0 Å². The molecule has 0 fully saturated rings. The van der Waals surface area contributed by atoms with E-state index in [1.165, 1.54) is 0 Å². The molecule has 0 amide bonds. The molecule has 1 unspecified atom stereocenters. The summed E-state index contributed by atoms with van der Waals surface area (Å²) in [5.74, 6) is 1.91. The van der Waals surface area contributed by atoms with Crippen LogP contribution in [0.2, 0.25) is 0 Å². The summed E-state index contributed by atoms with van der Waals surface area (Å²) in [5.41, 5.74) is 1.12. The number of hydrogen-bond donors (Lipinski definition) is 0. The molecule has 15 heavy (non-hydrogen) atoms. The second-order valence-electron chi connectivity index (χ2n) is 3.29. The van der Waals surface area contributed by atoms with Gasteiger partial charge in [0.05, 0.1) is 17.7 Å².